The molecule has 0 unspecified atom stereocenters. The molecule has 0 aliphatic rings. The topological polar surface area (TPSA) is 80.9 Å². The highest BCUT2D eigenvalue weighted by Gasteiger charge is 2.04. The van der Waals surface area contributed by atoms with E-state index in [0.29, 0.717) is 12.2 Å². The normalized spacial score (nSPS) is 10.2. The van der Waals surface area contributed by atoms with Gasteiger partial charge in [-0.1, -0.05) is 0 Å². The Hall–Kier alpha value is -1.95. The molecule has 0 saturated carbocycles. The molecular weight excluding hydrogens is 248 g/mol. The maximum absolute atomic E-state index is 11.6. The van der Waals surface area contributed by atoms with Gasteiger partial charge in [-0.15, -0.1) is 11.3 Å². The molecule has 0 radical (unpaired) electrons. The molecule has 5 nitrogen and oxygen atoms in total. The highest BCUT2D eigenvalue weighted by Crippen LogP contribution is 2.04. The van der Waals surface area contributed by atoms with Crippen molar-refractivity contribution in [2.45, 2.75) is 12.8 Å². The number of hydrogen-bond acceptors (Lipinski definition) is 5. The fourth-order valence-corrected chi connectivity index (χ4v) is 2.07. The second kappa shape index (κ2) is 6.11. The fraction of sp³-hybridized carbons (Fsp3) is 0.250. The van der Waals surface area contributed by atoms with Crippen LogP contribution >= 0.6 is 11.3 Å². The van der Waals surface area contributed by atoms with Gasteiger partial charge in [-0.2, -0.15) is 0 Å². The lowest BCUT2D eigenvalue weighted by Crippen LogP contribution is -2.27. The number of aromatic nitrogens is 2. The first-order valence-corrected chi connectivity index (χ1v) is 6.47. The van der Waals surface area contributed by atoms with E-state index in [0.717, 1.165) is 17.1 Å². The van der Waals surface area contributed by atoms with E-state index < -0.39 is 0 Å². The zero-order chi connectivity index (χ0) is 12.8. The average Bonchev–Trinajstić information content (AvgIpc) is 2.85. The Kier molecular flexibility index (Phi) is 4.25. The standard InChI is InChI=1S/C12H14N4OS/c13-9-1-2-10(16-8-9)7-11(17)14-4-3-12-15-5-6-18-12/h1-2,5-6,8H,3-4,7,13H2,(H,14,17). The summed E-state index contributed by atoms with van der Waals surface area (Å²) in [6, 6.07) is 3.50. The third kappa shape index (κ3) is 3.81. The fourth-order valence-electron chi connectivity index (χ4n) is 1.45. The summed E-state index contributed by atoms with van der Waals surface area (Å²) in [4.78, 5) is 19.9. The van der Waals surface area contributed by atoms with Gasteiger partial charge in [-0.05, 0) is 12.1 Å². The van der Waals surface area contributed by atoms with Gasteiger partial charge in [-0.25, -0.2) is 4.98 Å². The van der Waals surface area contributed by atoms with E-state index in [2.05, 4.69) is 15.3 Å². The lowest BCUT2D eigenvalue weighted by atomic mass is 10.2. The smallest absolute Gasteiger partial charge is 0.226 e. The van der Waals surface area contributed by atoms with Gasteiger partial charge in [0, 0.05) is 30.2 Å². The van der Waals surface area contributed by atoms with E-state index in [-0.39, 0.29) is 12.3 Å². The van der Waals surface area contributed by atoms with E-state index in [4.69, 9.17) is 5.73 Å². The van der Waals surface area contributed by atoms with Crippen molar-refractivity contribution in [3.63, 3.8) is 0 Å². The van der Waals surface area contributed by atoms with Crippen molar-refractivity contribution >= 4 is 22.9 Å². The minimum atomic E-state index is -0.0381. The summed E-state index contributed by atoms with van der Waals surface area (Å²) < 4.78 is 0. The molecule has 2 aromatic heterocycles. The highest BCUT2D eigenvalue weighted by atomic mass is 32.1. The first kappa shape index (κ1) is 12.5. The molecule has 2 heterocycles. The Bertz CT molecular complexity index is 495. The molecule has 3 N–H and O–H groups in total. The largest absolute Gasteiger partial charge is 0.397 e. The van der Waals surface area contributed by atoms with E-state index in [1.807, 2.05) is 5.38 Å². The van der Waals surface area contributed by atoms with Crippen LogP contribution in [0, 0.1) is 0 Å². The number of nitrogens with zero attached hydrogens (tertiary/aromatic N) is 2. The van der Waals surface area contributed by atoms with Crippen LogP contribution in [-0.4, -0.2) is 22.4 Å². The summed E-state index contributed by atoms with van der Waals surface area (Å²) in [6.45, 7) is 0.599. The Morgan fingerprint density at radius 3 is 2.94 bits per heavy atom. The summed E-state index contributed by atoms with van der Waals surface area (Å²) in [5, 5.41) is 5.80. The van der Waals surface area contributed by atoms with Crippen LogP contribution in [0.5, 0.6) is 0 Å². The highest BCUT2D eigenvalue weighted by molar-refractivity contribution is 7.09. The van der Waals surface area contributed by atoms with E-state index in [9.17, 15) is 4.79 Å². The zero-order valence-corrected chi connectivity index (χ0v) is 10.6. The number of carbonyl (C=O) groups is 1. The maximum atomic E-state index is 11.6. The van der Waals surface area contributed by atoms with Crippen LogP contribution in [0.4, 0.5) is 5.69 Å². The lowest BCUT2D eigenvalue weighted by Gasteiger charge is -2.03. The van der Waals surface area contributed by atoms with E-state index >= 15 is 0 Å². The zero-order valence-electron chi connectivity index (χ0n) is 9.80. The van der Waals surface area contributed by atoms with Gasteiger partial charge in [0.1, 0.15) is 0 Å². The molecule has 0 aliphatic heterocycles. The first-order valence-electron chi connectivity index (χ1n) is 5.59. The van der Waals surface area contributed by atoms with Crippen molar-refractivity contribution in [1.29, 1.82) is 0 Å². The summed E-state index contributed by atoms with van der Waals surface area (Å²) in [5.41, 5.74) is 6.84. The molecule has 94 valence electrons. The predicted octanol–water partition coefficient (Wildman–Crippen LogP) is 1.02. The summed E-state index contributed by atoms with van der Waals surface area (Å²) >= 11 is 1.59. The number of carbonyl (C=O) groups excluding carboxylic acids is 1. The molecule has 0 saturated heterocycles. The first-order chi connectivity index (χ1) is 8.74. The number of amides is 1. The number of nitrogens with one attached hydrogen (secondary N) is 1. The molecule has 0 bridgehead atoms. The molecule has 0 aromatic carbocycles. The van der Waals surface area contributed by atoms with Crippen LogP contribution in [0.25, 0.3) is 0 Å². The third-order valence-corrected chi connectivity index (χ3v) is 3.17. The second-order valence-corrected chi connectivity index (χ2v) is 4.76. The Balaban J connectivity index is 1.73. The van der Waals surface area contributed by atoms with E-state index in [1.54, 1.807) is 35.9 Å². The van der Waals surface area contributed by atoms with Crippen molar-refractivity contribution in [2.24, 2.45) is 0 Å². The van der Waals surface area contributed by atoms with Gasteiger partial charge in [0.25, 0.3) is 0 Å². The van der Waals surface area contributed by atoms with Gasteiger partial charge >= 0.3 is 0 Å². The maximum Gasteiger partial charge on any atom is 0.226 e. The van der Waals surface area contributed by atoms with Gasteiger partial charge in [0.05, 0.1) is 23.3 Å². The van der Waals surface area contributed by atoms with Crippen molar-refractivity contribution < 1.29 is 4.79 Å². The summed E-state index contributed by atoms with van der Waals surface area (Å²) in [7, 11) is 0. The monoisotopic (exact) mass is 262 g/mol. The van der Waals surface area contributed by atoms with Gasteiger partial charge in [-0.3, -0.25) is 9.78 Å². The molecule has 2 rings (SSSR count). The Labute approximate surface area is 109 Å². The van der Waals surface area contributed by atoms with Crippen LogP contribution in [0.2, 0.25) is 0 Å². The average molecular weight is 262 g/mol. The van der Waals surface area contributed by atoms with Crippen LogP contribution in [0.1, 0.15) is 10.7 Å². The van der Waals surface area contributed by atoms with Crippen molar-refractivity contribution in [3.8, 4) is 0 Å². The Morgan fingerprint density at radius 1 is 1.39 bits per heavy atom. The van der Waals surface area contributed by atoms with Crippen LogP contribution in [-0.2, 0) is 17.6 Å². The number of pyridine rings is 1. The second-order valence-electron chi connectivity index (χ2n) is 3.79. The van der Waals surface area contributed by atoms with Gasteiger partial charge in [0.2, 0.25) is 5.91 Å². The molecule has 0 aliphatic carbocycles. The quantitative estimate of drug-likeness (QED) is 0.843. The molecule has 2 aromatic rings. The van der Waals surface area contributed by atoms with Crippen LogP contribution in [0.15, 0.2) is 29.9 Å². The Morgan fingerprint density at radius 2 is 2.28 bits per heavy atom. The number of nitrogens with two attached hydrogens (primary N) is 1. The molecular formula is C12H14N4OS. The lowest BCUT2D eigenvalue weighted by molar-refractivity contribution is -0.120. The van der Waals surface area contributed by atoms with Crippen molar-refractivity contribution in [3.05, 3.63) is 40.6 Å². The molecule has 1 amide bonds. The molecule has 0 spiro atoms. The third-order valence-electron chi connectivity index (χ3n) is 2.33. The molecule has 6 heteroatoms. The summed E-state index contributed by atoms with van der Waals surface area (Å²) in [5.74, 6) is -0.0381. The van der Waals surface area contributed by atoms with E-state index in [1.165, 1.54) is 0 Å². The molecule has 0 atom stereocenters. The minimum Gasteiger partial charge on any atom is -0.397 e. The van der Waals surface area contributed by atoms with Crippen molar-refractivity contribution in [2.75, 3.05) is 12.3 Å². The van der Waals surface area contributed by atoms with Crippen molar-refractivity contribution in [1.82, 2.24) is 15.3 Å². The number of anilines is 1. The number of thiazole rings is 1. The minimum absolute atomic E-state index is 0.0381. The number of nitrogen functional groups attached to an aromatic ring is 1. The van der Waals surface area contributed by atoms with Gasteiger partial charge < -0.3 is 11.1 Å². The van der Waals surface area contributed by atoms with Crippen LogP contribution in [0.3, 0.4) is 0 Å². The number of hydrogen-bond donors (Lipinski definition) is 2. The summed E-state index contributed by atoms with van der Waals surface area (Å²) in [6.07, 6.45) is 4.36. The molecule has 0 fully saturated rings. The van der Waals surface area contributed by atoms with Crippen LogP contribution < -0.4 is 11.1 Å². The SMILES string of the molecule is Nc1ccc(CC(=O)NCCc2nccs2)nc1. The predicted molar refractivity (Wildman–Crippen MR) is 71.2 cm³/mol. The number of rotatable bonds is 5. The molecule has 18 heavy (non-hydrogen) atoms. The van der Waals surface area contributed by atoms with Gasteiger partial charge in [0.15, 0.2) is 0 Å².